The van der Waals surface area contributed by atoms with Crippen LogP contribution in [0, 0.1) is 17.8 Å². The van der Waals surface area contributed by atoms with Gasteiger partial charge in [0, 0.05) is 38.9 Å². The molecule has 1 unspecified atom stereocenters. The van der Waals surface area contributed by atoms with Gasteiger partial charge in [0.05, 0.1) is 5.56 Å². The Labute approximate surface area is 176 Å². The molecule has 0 aliphatic carbocycles. The molecule has 0 N–H and O–H groups in total. The summed E-state index contributed by atoms with van der Waals surface area (Å²) in [5.74, 6) is 3.54. The van der Waals surface area contributed by atoms with E-state index < -0.39 is 0 Å². The fourth-order valence-corrected chi connectivity index (χ4v) is 5.13. The predicted molar refractivity (Wildman–Crippen MR) is 118 cm³/mol. The number of anilines is 1. The van der Waals surface area contributed by atoms with Crippen molar-refractivity contribution in [1.82, 2.24) is 14.8 Å². The lowest BCUT2D eigenvalue weighted by Gasteiger charge is -2.38. The van der Waals surface area contributed by atoms with Gasteiger partial charge in [-0.25, -0.2) is 4.98 Å². The highest BCUT2D eigenvalue weighted by Gasteiger charge is 2.26. The Bertz CT molecular complexity index is 660. The van der Waals surface area contributed by atoms with E-state index in [0.29, 0.717) is 0 Å². The first-order valence-electron chi connectivity index (χ1n) is 11.8. The summed E-state index contributed by atoms with van der Waals surface area (Å²) in [4.78, 5) is 24.5. The minimum absolute atomic E-state index is 0.145. The third-order valence-electron chi connectivity index (χ3n) is 7.30. The molecule has 29 heavy (non-hydrogen) atoms. The van der Waals surface area contributed by atoms with Gasteiger partial charge in [0.1, 0.15) is 5.82 Å². The summed E-state index contributed by atoms with van der Waals surface area (Å²) in [5, 5.41) is 0. The normalized spacial score (nSPS) is 25.4. The van der Waals surface area contributed by atoms with E-state index in [1.165, 1.54) is 45.3 Å². The zero-order chi connectivity index (χ0) is 20.2. The van der Waals surface area contributed by atoms with Gasteiger partial charge in [-0.2, -0.15) is 0 Å². The van der Waals surface area contributed by atoms with E-state index in [-0.39, 0.29) is 5.91 Å². The molecule has 0 spiro atoms. The number of nitrogens with zero attached hydrogens (tertiary/aromatic N) is 4. The van der Waals surface area contributed by atoms with Crippen LogP contribution in [0.4, 0.5) is 5.82 Å². The van der Waals surface area contributed by atoms with E-state index in [0.717, 1.165) is 68.2 Å². The minimum atomic E-state index is 0.145. The molecule has 3 saturated heterocycles. The Morgan fingerprint density at radius 2 is 1.66 bits per heavy atom. The zero-order valence-corrected chi connectivity index (χ0v) is 18.4. The number of carbonyl (C=O) groups is 1. The molecule has 1 amide bonds. The molecule has 0 saturated carbocycles. The minimum Gasteiger partial charge on any atom is -0.356 e. The Balaban J connectivity index is 1.31. The molecule has 5 nitrogen and oxygen atoms in total. The topological polar surface area (TPSA) is 39.7 Å². The number of amides is 1. The van der Waals surface area contributed by atoms with Gasteiger partial charge in [-0.3, -0.25) is 4.79 Å². The molecule has 3 fully saturated rings. The summed E-state index contributed by atoms with van der Waals surface area (Å²) >= 11 is 0. The number of hydrogen-bond donors (Lipinski definition) is 0. The largest absolute Gasteiger partial charge is 0.356 e. The SMILES string of the molecule is CC1CCN(CC2CCCN(c3ccc(C(=O)N4CCC(C)CC4)cn3)C2)CC1. The number of aromatic nitrogens is 1. The quantitative estimate of drug-likeness (QED) is 0.771. The summed E-state index contributed by atoms with van der Waals surface area (Å²) in [6.45, 7) is 12.3. The number of hydrogen-bond acceptors (Lipinski definition) is 4. The maximum atomic E-state index is 12.8. The Morgan fingerprint density at radius 1 is 0.966 bits per heavy atom. The summed E-state index contributed by atoms with van der Waals surface area (Å²) in [5.41, 5.74) is 0.735. The number of pyridine rings is 1. The molecule has 0 aromatic carbocycles. The molecule has 5 heteroatoms. The lowest BCUT2D eigenvalue weighted by Crippen LogP contribution is -2.43. The van der Waals surface area contributed by atoms with Gasteiger partial charge in [0.2, 0.25) is 0 Å². The van der Waals surface area contributed by atoms with Crippen molar-refractivity contribution in [3.8, 4) is 0 Å². The first kappa shape index (κ1) is 20.6. The number of carbonyl (C=O) groups excluding carboxylic acids is 1. The fraction of sp³-hybridized carbons (Fsp3) is 0.750. The molecule has 3 aliphatic rings. The van der Waals surface area contributed by atoms with Crippen LogP contribution in [-0.2, 0) is 0 Å². The molecular formula is C24H38N4O. The maximum Gasteiger partial charge on any atom is 0.255 e. The lowest BCUT2D eigenvalue weighted by atomic mass is 9.94. The van der Waals surface area contributed by atoms with E-state index in [1.807, 2.05) is 11.0 Å². The molecular weight excluding hydrogens is 360 g/mol. The summed E-state index contributed by atoms with van der Waals surface area (Å²) in [7, 11) is 0. The predicted octanol–water partition coefficient (Wildman–Crippen LogP) is 3.90. The average molecular weight is 399 g/mol. The van der Waals surface area contributed by atoms with Crippen LogP contribution < -0.4 is 4.90 Å². The van der Waals surface area contributed by atoms with Crippen molar-refractivity contribution in [2.45, 2.75) is 52.4 Å². The lowest BCUT2D eigenvalue weighted by molar-refractivity contribution is 0.0697. The molecule has 0 bridgehead atoms. The summed E-state index contributed by atoms with van der Waals surface area (Å²) < 4.78 is 0. The fourth-order valence-electron chi connectivity index (χ4n) is 5.13. The van der Waals surface area contributed by atoms with E-state index in [2.05, 4.69) is 34.7 Å². The van der Waals surface area contributed by atoms with Crippen molar-refractivity contribution in [3.63, 3.8) is 0 Å². The molecule has 1 aromatic rings. The highest BCUT2D eigenvalue weighted by molar-refractivity contribution is 5.94. The van der Waals surface area contributed by atoms with Crippen molar-refractivity contribution in [2.24, 2.45) is 17.8 Å². The third-order valence-corrected chi connectivity index (χ3v) is 7.30. The zero-order valence-electron chi connectivity index (χ0n) is 18.4. The first-order valence-corrected chi connectivity index (χ1v) is 11.8. The monoisotopic (exact) mass is 398 g/mol. The first-order chi connectivity index (χ1) is 14.1. The molecule has 3 aliphatic heterocycles. The van der Waals surface area contributed by atoms with Crippen LogP contribution in [0.1, 0.15) is 62.7 Å². The number of likely N-dealkylation sites (tertiary alicyclic amines) is 2. The smallest absolute Gasteiger partial charge is 0.255 e. The van der Waals surface area contributed by atoms with Crippen molar-refractivity contribution >= 4 is 11.7 Å². The van der Waals surface area contributed by atoms with Gasteiger partial charge in [-0.05, 0) is 81.5 Å². The number of rotatable bonds is 4. The standard InChI is InChI=1S/C24H38N4O/c1-19-7-12-26(13-8-19)17-21-4-3-11-28(18-21)23-6-5-22(16-25-23)24(29)27-14-9-20(2)10-15-27/h5-6,16,19-21H,3-4,7-15,17-18H2,1-2H3. The third kappa shape index (κ3) is 5.30. The highest BCUT2D eigenvalue weighted by Crippen LogP contribution is 2.25. The van der Waals surface area contributed by atoms with Gasteiger partial charge in [0.25, 0.3) is 5.91 Å². The van der Waals surface area contributed by atoms with Gasteiger partial charge in [0.15, 0.2) is 0 Å². The van der Waals surface area contributed by atoms with E-state index >= 15 is 0 Å². The van der Waals surface area contributed by atoms with Crippen LogP contribution in [0.25, 0.3) is 0 Å². The second kappa shape index (κ2) is 9.46. The van der Waals surface area contributed by atoms with Crippen molar-refractivity contribution < 1.29 is 4.79 Å². The van der Waals surface area contributed by atoms with Crippen LogP contribution in [0.3, 0.4) is 0 Å². The summed E-state index contributed by atoms with van der Waals surface area (Å²) in [6, 6.07) is 4.04. The Morgan fingerprint density at radius 3 is 2.31 bits per heavy atom. The Hall–Kier alpha value is -1.62. The molecule has 1 atom stereocenters. The number of piperidine rings is 3. The van der Waals surface area contributed by atoms with Crippen molar-refractivity contribution in [2.75, 3.05) is 50.7 Å². The van der Waals surface area contributed by atoms with Crippen molar-refractivity contribution in [3.05, 3.63) is 23.9 Å². The van der Waals surface area contributed by atoms with Gasteiger partial charge in [-0.1, -0.05) is 13.8 Å². The maximum absolute atomic E-state index is 12.8. The van der Waals surface area contributed by atoms with Crippen LogP contribution in [0.15, 0.2) is 18.3 Å². The van der Waals surface area contributed by atoms with E-state index in [1.54, 1.807) is 6.20 Å². The summed E-state index contributed by atoms with van der Waals surface area (Å²) in [6.07, 6.45) is 9.29. The highest BCUT2D eigenvalue weighted by atomic mass is 16.2. The molecule has 1 aromatic heterocycles. The Kier molecular flexibility index (Phi) is 6.74. The molecule has 4 heterocycles. The van der Waals surface area contributed by atoms with Gasteiger partial charge >= 0.3 is 0 Å². The van der Waals surface area contributed by atoms with Crippen molar-refractivity contribution in [1.29, 1.82) is 0 Å². The van der Waals surface area contributed by atoms with Crippen LogP contribution in [-0.4, -0.2) is 66.5 Å². The van der Waals surface area contributed by atoms with Gasteiger partial charge in [-0.15, -0.1) is 0 Å². The van der Waals surface area contributed by atoms with Crippen LogP contribution in [0.5, 0.6) is 0 Å². The molecule has 4 rings (SSSR count). The van der Waals surface area contributed by atoms with Crippen LogP contribution >= 0.6 is 0 Å². The average Bonchev–Trinajstić information content (AvgIpc) is 2.76. The second-order valence-corrected chi connectivity index (χ2v) is 9.82. The van der Waals surface area contributed by atoms with Crippen LogP contribution in [0.2, 0.25) is 0 Å². The molecule has 160 valence electrons. The second-order valence-electron chi connectivity index (χ2n) is 9.82. The van der Waals surface area contributed by atoms with E-state index in [4.69, 9.17) is 0 Å². The van der Waals surface area contributed by atoms with Gasteiger partial charge < -0.3 is 14.7 Å². The molecule has 0 radical (unpaired) electrons. The van der Waals surface area contributed by atoms with E-state index in [9.17, 15) is 4.79 Å².